The fraction of sp³-hybridized carbons (Fsp3) is 0.286. The number of rotatable bonds is 8. The Labute approximate surface area is 158 Å². The summed E-state index contributed by atoms with van der Waals surface area (Å²) in [5.74, 6) is -1.35. The number of hydrogen-bond donors (Lipinski definition) is 3. The van der Waals surface area contributed by atoms with E-state index in [-0.39, 0.29) is 24.2 Å². The summed E-state index contributed by atoms with van der Waals surface area (Å²) in [6.07, 6.45) is 0.196. The Morgan fingerprint density at radius 2 is 1.70 bits per heavy atom. The summed E-state index contributed by atoms with van der Waals surface area (Å²) in [5, 5.41) is 14.5. The van der Waals surface area contributed by atoms with Gasteiger partial charge < -0.3 is 15.7 Å². The van der Waals surface area contributed by atoms with Crippen molar-refractivity contribution in [3.8, 4) is 0 Å². The topological polar surface area (TPSA) is 95.5 Å². The summed E-state index contributed by atoms with van der Waals surface area (Å²) in [5.41, 5.74) is 1.74. The predicted molar refractivity (Wildman–Crippen MR) is 103 cm³/mol. The Morgan fingerprint density at radius 1 is 1.00 bits per heavy atom. The Hall–Kier alpha value is -3.15. The van der Waals surface area contributed by atoms with Crippen molar-refractivity contribution >= 4 is 23.5 Å². The molecule has 0 aliphatic heterocycles. The van der Waals surface area contributed by atoms with Gasteiger partial charge >= 0.3 is 5.97 Å². The second-order valence-corrected chi connectivity index (χ2v) is 6.77. The number of carbonyl (C=O) groups excluding carboxylic acids is 2. The van der Waals surface area contributed by atoms with E-state index in [4.69, 9.17) is 5.11 Å². The highest BCUT2D eigenvalue weighted by Gasteiger charge is 2.23. The van der Waals surface area contributed by atoms with Gasteiger partial charge in [-0.15, -0.1) is 0 Å². The zero-order chi connectivity index (χ0) is 19.8. The molecule has 2 aromatic carbocycles. The van der Waals surface area contributed by atoms with Gasteiger partial charge in [-0.05, 0) is 29.2 Å². The molecule has 0 fully saturated rings. The Kier molecular flexibility index (Phi) is 7.11. The van der Waals surface area contributed by atoms with E-state index in [1.165, 1.54) is 0 Å². The molecule has 6 nitrogen and oxygen atoms in total. The second-order valence-electron chi connectivity index (χ2n) is 6.77. The van der Waals surface area contributed by atoms with Crippen LogP contribution in [0.5, 0.6) is 0 Å². The molecule has 0 bridgehead atoms. The van der Waals surface area contributed by atoms with Crippen molar-refractivity contribution in [2.75, 3.05) is 5.32 Å². The zero-order valence-corrected chi connectivity index (χ0v) is 15.4. The monoisotopic (exact) mass is 368 g/mol. The molecule has 1 unspecified atom stereocenters. The van der Waals surface area contributed by atoms with E-state index < -0.39 is 12.0 Å². The molecule has 0 radical (unpaired) electrons. The maximum absolute atomic E-state index is 12.8. The van der Waals surface area contributed by atoms with Gasteiger partial charge in [-0.25, -0.2) is 0 Å². The Bertz CT molecular complexity index is 803. The highest BCUT2D eigenvalue weighted by atomic mass is 16.4. The molecule has 142 valence electrons. The lowest BCUT2D eigenvalue weighted by Crippen LogP contribution is -2.37. The number of carbonyl (C=O) groups is 3. The molecule has 2 rings (SSSR count). The third kappa shape index (κ3) is 6.58. The predicted octanol–water partition coefficient (Wildman–Crippen LogP) is 3.16. The van der Waals surface area contributed by atoms with Crippen molar-refractivity contribution in [2.24, 2.45) is 5.92 Å². The van der Waals surface area contributed by atoms with Crippen molar-refractivity contribution in [1.29, 1.82) is 0 Å². The van der Waals surface area contributed by atoms with Crippen molar-refractivity contribution in [2.45, 2.75) is 32.7 Å². The molecule has 0 saturated heterocycles. The molecule has 0 aliphatic rings. The zero-order valence-electron chi connectivity index (χ0n) is 15.4. The number of carboxylic acid groups (broad SMARTS) is 1. The number of anilines is 1. The van der Waals surface area contributed by atoms with Gasteiger partial charge in [0.05, 0.1) is 6.42 Å². The molecule has 2 amide bonds. The van der Waals surface area contributed by atoms with Gasteiger partial charge in [-0.2, -0.15) is 0 Å². The smallest absolute Gasteiger partial charge is 0.307 e. The Morgan fingerprint density at radius 3 is 2.33 bits per heavy atom. The minimum Gasteiger partial charge on any atom is -0.481 e. The highest BCUT2D eigenvalue weighted by molar-refractivity contribution is 5.98. The van der Waals surface area contributed by atoms with E-state index in [2.05, 4.69) is 10.6 Å². The van der Waals surface area contributed by atoms with Crippen molar-refractivity contribution < 1.29 is 19.5 Å². The molecule has 0 aliphatic carbocycles. The molecule has 27 heavy (non-hydrogen) atoms. The van der Waals surface area contributed by atoms with Gasteiger partial charge in [-0.3, -0.25) is 14.4 Å². The number of nitrogens with one attached hydrogen (secondary N) is 2. The molecule has 2 aromatic rings. The highest BCUT2D eigenvalue weighted by Crippen LogP contribution is 2.18. The molecule has 0 heterocycles. The molecule has 6 heteroatoms. The van der Waals surface area contributed by atoms with Crippen LogP contribution in [0.2, 0.25) is 0 Å². The van der Waals surface area contributed by atoms with Crippen molar-refractivity contribution in [3.63, 3.8) is 0 Å². The summed E-state index contributed by atoms with van der Waals surface area (Å²) in [6, 6.07) is 14.8. The first-order valence-electron chi connectivity index (χ1n) is 8.81. The lowest BCUT2D eigenvalue weighted by molar-refractivity contribution is -0.136. The number of hydrogen-bond acceptors (Lipinski definition) is 3. The van der Waals surface area contributed by atoms with E-state index in [1.807, 2.05) is 19.9 Å². The van der Waals surface area contributed by atoms with Crippen LogP contribution in [-0.4, -0.2) is 22.9 Å². The van der Waals surface area contributed by atoms with Gasteiger partial charge in [0.25, 0.3) is 5.91 Å². The third-order valence-corrected chi connectivity index (χ3v) is 3.84. The van der Waals surface area contributed by atoms with E-state index in [1.54, 1.807) is 48.5 Å². The van der Waals surface area contributed by atoms with E-state index in [0.29, 0.717) is 23.2 Å². The minimum atomic E-state index is -0.943. The first-order valence-corrected chi connectivity index (χ1v) is 8.81. The van der Waals surface area contributed by atoms with Gasteiger partial charge in [-0.1, -0.05) is 56.3 Å². The summed E-state index contributed by atoms with van der Waals surface area (Å²) in [4.78, 5) is 35.9. The lowest BCUT2D eigenvalue weighted by atomic mass is 10.0. The molecule has 1 atom stereocenters. The fourth-order valence-corrected chi connectivity index (χ4v) is 2.68. The summed E-state index contributed by atoms with van der Waals surface area (Å²) in [7, 11) is 0. The van der Waals surface area contributed by atoms with Crippen LogP contribution >= 0.6 is 0 Å². The van der Waals surface area contributed by atoms with Crippen LogP contribution in [-0.2, 0) is 20.8 Å². The van der Waals surface area contributed by atoms with Crippen molar-refractivity contribution in [3.05, 3.63) is 65.7 Å². The summed E-state index contributed by atoms with van der Waals surface area (Å²) in [6.45, 7) is 3.87. The van der Waals surface area contributed by atoms with Crippen LogP contribution in [0.3, 0.4) is 0 Å². The fourth-order valence-electron chi connectivity index (χ4n) is 2.68. The SMILES string of the molecule is CC(C)CC(=O)NC(C(=O)Nc1cccc(CC(=O)O)c1)c1ccccc1. The number of benzene rings is 2. The minimum absolute atomic E-state index is 0.128. The van der Waals surface area contributed by atoms with Crippen LogP contribution in [0.4, 0.5) is 5.69 Å². The maximum atomic E-state index is 12.8. The van der Waals surface area contributed by atoms with E-state index in [0.717, 1.165) is 0 Å². The summed E-state index contributed by atoms with van der Waals surface area (Å²) >= 11 is 0. The number of carboxylic acids is 1. The van der Waals surface area contributed by atoms with E-state index in [9.17, 15) is 14.4 Å². The normalized spacial score (nSPS) is 11.7. The molecule has 0 spiro atoms. The van der Waals surface area contributed by atoms with Gasteiger partial charge in [0.1, 0.15) is 6.04 Å². The number of amides is 2. The molecular weight excluding hydrogens is 344 g/mol. The third-order valence-electron chi connectivity index (χ3n) is 3.84. The number of aliphatic carboxylic acids is 1. The Balaban J connectivity index is 2.18. The average molecular weight is 368 g/mol. The largest absolute Gasteiger partial charge is 0.481 e. The summed E-state index contributed by atoms with van der Waals surface area (Å²) < 4.78 is 0. The molecule has 3 N–H and O–H groups in total. The molecule has 0 saturated carbocycles. The van der Waals surface area contributed by atoms with Gasteiger partial charge in [0.15, 0.2) is 0 Å². The van der Waals surface area contributed by atoms with Crippen LogP contribution in [0.15, 0.2) is 54.6 Å². The molecule has 0 aromatic heterocycles. The van der Waals surface area contributed by atoms with Crippen LogP contribution in [0.25, 0.3) is 0 Å². The first-order chi connectivity index (χ1) is 12.8. The quantitative estimate of drug-likeness (QED) is 0.667. The van der Waals surface area contributed by atoms with Gasteiger partial charge in [0, 0.05) is 12.1 Å². The second kappa shape index (κ2) is 9.52. The van der Waals surface area contributed by atoms with Crippen LogP contribution < -0.4 is 10.6 Å². The lowest BCUT2D eigenvalue weighted by Gasteiger charge is -2.20. The van der Waals surface area contributed by atoms with Crippen LogP contribution in [0.1, 0.15) is 37.4 Å². The maximum Gasteiger partial charge on any atom is 0.307 e. The van der Waals surface area contributed by atoms with Crippen molar-refractivity contribution in [1.82, 2.24) is 5.32 Å². The van der Waals surface area contributed by atoms with Gasteiger partial charge in [0.2, 0.25) is 5.91 Å². The average Bonchev–Trinajstić information content (AvgIpc) is 2.59. The molecular formula is C21H24N2O4. The van der Waals surface area contributed by atoms with E-state index >= 15 is 0 Å². The standard InChI is InChI=1S/C21H24N2O4/c1-14(2)11-18(24)23-20(16-8-4-3-5-9-16)21(27)22-17-10-6-7-15(12-17)13-19(25)26/h3-10,12,14,20H,11,13H2,1-2H3,(H,22,27)(H,23,24)(H,25,26). The first kappa shape index (κ1) is 20.2. The van der Waals surface area contributed by atoms with Crippen LogP contribution in [0, 0.1) is 5.92 Å².